The van der Waals surface area contributed by atoms with Gasteiger partial charge in [0, 0.05) is 0 Å². The van der Waals surface area contributed by atoms with E-state index in [-0.39, 0.29) is 5.75 Å². The van der Waals surface area contributed by atoms with Crippen LogP contribution in [-0.4, -0.2) is 19.3 Å². The van der Waals surface area contributed by atoms with E-state index < -0.39 is 15.9 Å². The first-order valence-electron chi connectivity index (χ1n) is 5.02. The zero-order valence-electron chi connectivity index (χ0n) is 8.60. The molecule has 3 nitrogen and oxygen atoms in total. The summed E-state index contributed by atoms with van der Waals surface area (Å²) in [6.07, 6.45) is 0.407. The molecular weight excluding hydrogens is 212 g/mol. The lowest BCUT2D eigenvalue weighted by atomic mass is 10.0. The van der Waals surface area contributed by atoms with E-state index in [1.165, 1.54) is 0 Å². The van der Waals surface area contributed by atoms with Crippen molar-refractivity contribution in [2.75, 3.05) is 5.75 Å². The monoisotopic (exact) mass is 226 g/mol. The van der Waals surface area contributed by atoms with E-state index >= 15 is 0 Å². The average molecular weight is 226 g/mol. The SMILES string of the molecule is Cc1ccc2c(c1)C(O)CCCS2(=O)=O. The van der Waals surface area contributed by atoms with Crippen LogP contribution in [0.3, 0.4) is 0 Å². The van der Waals surface area contributed by atoms with Crippen molar-refractivity contribution in [2.24, 2.45) is 0 Å². The molecule has 1 unspecified atom stereocenters. The summed E-state index contributed by atoms with van der Waals surface area (Å²) >= 11 is 0. The van der Waals surface area contributed by atoms with Gasteiger partial charge < -0.3 is 5.11 Å². The molecule has 82 valence electrons. The summed E-state index contributed by atoms with van der Waals surface area (Å²) in [5, 5.41) is 9.83. The Kier molecular flexibility index (Phi) is 2.56. The van der Waals surface area contributed by atoms with Gasteiger partial charge in [-0.05, 0) is 31.4 Å². The molecule has 15 heavy (non-hydrogen) atoms. The zero-order chi connectivity index (χ0) is 11.1. The van der Waals surface area contributed by atoms with Gasteiger partial charge in [-0.2, -0.15) is 0 Å². The Hall–Kier alpha value is -0.870. The number of sulfone groups is 1. The summed E-state index contributed by atoms with van der Waals surface area (Å²) in [7, 11) is -3.19. The predicted molar refractivity (Wildman–Crippen MR) is 57.4 cm³/mol. The van der Waals surface area contributed by atoms with Crippen molar-refractivity contribution < 1.29 is 13.5 Å². The van der Waals surface area contributed by atoms with Gasteiger partial charge in [-0.15, -0.1) is 0 Å². The molecule has 0 saturated heterocycles. The third kappa shape index (κ3) is 1.92. The maximum Gasteiger partial charge on any atom is 0.178 e. The van der Waals surface area contributed by atoms with Gasteiger partial charge in [-0.3, -0.25) is 0 Å². The second-order valence-electron chi connectivity index (χ2n) is 4.02. The molecule has 0 radical (unpaired) electrons. The van der Waals surface area contributed by atoms with Gasteiger partial charge in [0.2, 0.25) is 0 Å². The largest absolute Gasteiger partial charge is 0.388 e. The van der Waals surface area contributed by atoms with E-state index in [1.807, 2.05) is 6.92 Å². The van der Waals surface area contributed by atoms with Crippen molar-refractivity contribution in [3.8, 4) is 0 Å². The lowest BCUT2D eigenvalue weighted by Gasteiger charge is -2.11. The number of benzene rings is 1. The maximum atomic E-state index is 11.8. The van der Waals surface area contributed by atoms with Gasteiger partial charge in [-0.1, -0.05) is 17.7 Å². The van der Waals surface area contributed by atoms with Crippen LogP contribution < -0.4 is 0 Å². The molecular formula is C11H14O3S. The van der Waals surface area contributed by atoms with Gasteiger partial charge in [0.1, 0.15) is 0 Å². The molecule has 1 atom stereocenters. The van der Waals surface area contributed by atoms with E-state index in [2.05, 4.69) is 0 Å². The normalized spacial score (nSPS) is 24.3. The highest BCUT2D eigenvalue weighted by molar-refractivity contribution is 7.91. The minimum atomic E-state index is -3.19. The summed E-state index contributed by atoms with van der Waals surface area (Å²) in [5.74, 6) is 0.139. The van der Waals surface area contributed by atoms with Crippen molar-refractivity contribution in [3.63, 3.8) is 0 Å². The lowest BCUT2D eigenvalue weighted by Crippen LogP contribution is -2.06. The third-order valence-electron chi connectivity index (χ3n) is 2.75. The van der Waals surface area contributed by atoms with Crippen molar-refractivity contribution in [1.29, 1.82) is 0 Å². The molecule has 0 aliphatic carbocycles. The second-order valence-corrected chi connectivity index (χ2v) is 6.10. The highest BCUT2D eigenvalue weighted by atomic mass is 32.2. The van der Waals surface area contributed by atoms with Gasteiger partial charge >= 0.3 is 0 Å². The van der Waals surface area contributed by atoms with Gasteiger partial charge in [-0.25, -0.2) is 8.42 Å². The maximum absolute atomic E-state index is 11.8. The summed E-state index contributed by atoms with van der Waals surface area (Å²) in [6.45, 7) is 1.89. The molecule has 0 saturated carbocycles. The molecule has 1 aromatic carbocycles. The molecule has 1 heterocycles. The molecule has 1 aromatic rings. The van der Waals surface area contributed by atoms with E-state index in [4.69, 9.17) is 0 Å². The van der Waals surface area contributed by atoms with Crippen LogP contribution in [0.2, 0.25) is 0 Å². The molecule has 1 N–H and O–H groups in total. The predicted octanol–water partition coefficient (Wildman–Crippen LogP) is 1.60. The second kappa shape index (κ2) is 3.61. The number of fused-ring (bicyclic) bond motifs is 1. The first kappa shape index (κ1) is 10.6. The van der Waals surface area contributed by atoms with Crippen molar-refractivity contribution >= 4 is 9.84 Å². The van der Waals surface area contributed by atoms with Crippen molar-refractivity contribution in [3.05, 3.63) is 29.3 Å². The minimum Gasteiger partial charge on any atom is -0.388 e. The smallest absolute Gasteiger partial charge is 0.178 e. The Bertz CT molecular complexity index is 477. The van der Waals surface area contributed by atoms with E-state index in [0.717, 1.165) is 5.56 Å². The molecule has 4 heteroatoms. The fourth-order valence-corrected chi connectivity index (χ4v) is 3.54. The van der Waals surface area contributed by atoms with Crippen LogP contribution in [0.1, 0.15) is 30.1 Å². The van der Waals surface area contributed by atoms with Gasteiger partial charge in [0.15, 0.2) is 9.84 Å². The Labute approximate surface area is 89.7 Å². The molecule has 0 fully saturated rings. The first-order valence-corrected chi connectivity index (χ1v) is 6.67. The quantitative estimate of drug-likeness (QED) is 0.731. The van der Waals surface area contributed by atoms with E-state index in [9.17, 15) is 13.5 Å². The van der Waals surface area contributed by atoms with Crippen LogP contribution in [-0.2, 0) is 9.84 Å². The third-order valence-corrected chi connectivity index (χ3v) is 4.62. The van der Waals surface area contributed by atoms with Crippen LogP contribution in [0.5, 0.6) is 0 Å². The molecule has 0 bridgehead atoms. The minimum absolute atomic E-state index is 0.139. The lowest BCUT2D eigenvalue weighted by molar-refractivity contribution is 0.165. The molecule has 0 aromatic heterocycles. The Balaban J connectivity index is 2.67. The Morgan fingerprint density at radius 3 is 2.87 bits per heavy atom. The molecule has 0 spiro atoms. The first-order chi connectivity index (χ1) is 7.00. The summed E-state index contributed by atoms with van der Waals surface area (Å²) in [5.41, 5.74) is 1.54. The van der Waals surface area contributed by atoms with Crippen LogP contribution in [0.25, 0.3) is 0 Å². The average Bonchev–Trinajstić information content (AvgIpc) is 2.25. The van der Waals surface area contributed by atoms with E-state index in [1.54, 1.807) is 18.2 Å². The van der Waals surface area contributed by atoms with Crippen LogP contribution in [0.4, 0.5) is 0 Å². The molecule has 1 aliphatic heterocycles. The van der Waals surface area contributed by atoms with E-state index in [0.29, 0.717) is 23.3 Å². The topological polar surface area (TPSA) is 54.4 Å². The number of aliphatic hydroxyl groups excluding tert-OH is 1. The molecule has 1 aliphatic rings. The number of rotatable bonds is 0. The number of aliphatic hydroxyl groups is 1. The molecule has 0 amide bonds. The Morgan fingerprint density at radius 1 is 1.40 bits per heavy atom. The Morgan fingerprint density at radius 2 is 2.13 bits per heavy atom. The van der Waals surface area contributed by atoms with Gasteiger partial charge in [0.25, 0.3) is 0 Å². The zero-order valence-corrected chi connectivity index (χ0v) is 9.42. The number of hydrogen-bond acceptors (Lipinski definition) is 3. The standard InChI is InChI=1S/C11H14O3S/c1-8-4-5-11-9(7-8)10(12)3-2-6-15(11,13)14/h4-5,7,10,12H,2-3,6H2,1H3. The number of hydrogen-bond donors (Lipinski definition) is 1. The van der Waals surface area contributed by atoms with Crippen LogP contribution in [0.15, 0.2) is 23.1 Å². The summed E-state index contributed by atoms with van der Waals surface area (Å²) in [4.78, 5) is 0.304. The molecule has 2 rings (SSSR count). The fraction of sp³-hybridized carbons (Fsp3) is 0.455. The highest BCUT2D eigenvalue weighted by Crippen LogP contribution is 2.31. The van der Waals surface area contributed by atoms with Crippen LogP contribution >= 0.6 is 0 Å². The van der Waals surface area contributed by atoms with Gasteiger partial charge in [0.05, 0.1) is 16.8 Å². The number of aryl methyl sites for hydroxylation is 1. The highest BCUT2D eigenvalue weighted by Gasteiger charge is 2.26. The fourth-order valence-electron chi connectivity index (χ4n) is 1.94. The van der Waals surface area contributed by atoms with Crippen LogP contribution in [0, 0.1) is 6.92 Å². The van der Waals surface area contributed by atoms with Crippen molar-refractivity contribution in [1.82, 2.24) is 0 Å². The summed E-state index contributed by atoms with van der Waals surface area (Å²) < 4.78 is 23.7. The van der Waals surface area contributed by atoms with Crippen molar-refractivity contribution in [2.45, 2.75) is 30.8 Å². The summed E-state index contributed by atoms with van der Waals surface area (Å²) in [6, 6.07) is 5.14.